The number of fused-ring (bicyclic) bond motifs is 2. The molecule has 198 valence electrons. The van der Waals surface area contributed by atoms with Crippen LogP contribution in [0.25, 0.3) is 11.1 Å². The van der Waals surface area contributed by atoms with Crippen molar-refractivity contribution in [1.29, 1.82) is 0 Å². The van der Waals surface area contributed by atoms with E-state index in [1.807, 2.05) is 30.3 Å². The molecule has 0 aliphatic carbocycles. The highest BCUT2D eigenvalue weighted by Crippen LogP contribution is 2.42. The molecule has 1 spiro atoms. The molecule has 2 N–H and O–H groups in total. The summed E-state index contributed by atoms with van der Waals surface area (Å²) < 4.78 is 7.73. The lowest BCUT2D eigenvalue weighted by Crippen LogP contribution is -2.50. The Bertz CT molecular complexity index is 1410. The first-order valence-electron chi connectivity index (χ1n) is 13.6. The number of aryl methyl sites for hydroxylation is 1. The number of nitrogens with two attached hydrogens (primary N) is 1. The van der Waals surface area contributed by atoms with Crippen LogP contribution in [0.4, 0.5) is 17.2 Å². The summed E-state index contributed by atoms with van der Waals surface area (Å²) in [6, 6.07) is 6.71. The number of aromatic nitrogens is 4. The van der Waals surface area contributed by atoms with Gasteiger partial charge in [-0.25, -0.2) is 9.97 Å². The van der Waals surface area contributed by atoms with Crippen LogP contribution in [0.3, 0.4) is 0 Å². The highest BCUT2D eigenvalue weighted by Gasteiger charge is 2.47. The fraction of sp³-hybridized carbons (Fsp3) is 0.500. The molecule has 0 amide bonds. The topological polar surface area (TPSA) is 101 Å². The van der Waals surface area contributed by atoms with Crippen LogP contribution in [0.15, 0.2) is 41.8 Å². The zero-order valence-electron chi connectivity index (χ0n) is 22.3. The number of ether oxygens (including phenoxy) is 1. The molecule has 2 aromatic heterocycles. The van der Waals surface area contributed by atoms with E-state index in [0.717, 1.165) is 85.5 Å². The molecule has 10 heteroatoms. The molecular weight excluding hydrogens is 478 g/mol. The van der Waals surface area contributed by atoms with Crippen LogP contribution in [0.1, 0.15) is 31.2 Å². The predicted octanol–water partition coefficient (Wildman–Crippen LogP) is 2.43. The van der Waals surface area contributed by atoms with Crippen LogP contribution in [0, 0.1) is 5.41 Å². The molecular formula is C28H35N9O. The Morgan fingerprint density at radius 1 is 1.03 bits per heavy atom. The predicted molar refractivity (Wildman–Crippen MR) is 149 cm³/mol. The van der Waals surface area contributed by atoms with Gasteiger partial charge in [-0.3, -0.25) is 9.67 Å². The molecule has 2 atom stereocenters. The van der Waals surface area contributed by atoms with Gasteiger partial charge in [0.05, 0.1) is 48.7 Å². The molecule has 2 fully saturated rings. The maximum Gasteiger partial charge on any atom is 0.156 e. The summed E-state index contributed by atoms with van der Waals surface area (Å²) in [6.45, 7) is 7.04. The third kappa shape index (κ3) is 3.69. The molecule has 6 heterocycles. The van der Waals surface area contributed by atoms with E-state index < -0.39 is 0 Å². The molecule has 4 aliphatic rings. The van der Waals surface area contributed by atoms with E-state index in [-0.39, 0.29) is 17.6 Å². The number of likely N-dealkylation sites (N-methyl/N-ethyl adjacent to an activating group) is 1. The van der Waals surface area contributed by atoms with Crippen molar-refractivity contribution in [2.75, 3.05) is 54.5 Å². The van der Waals surface area contributed by atoms with Gasteiger partial charge in [-0.05, 0) is 37.5 Å². The smallest absolute Gasteiger partial charge is 0.156 e. The summed E-state index contributed by atoms with van der Waals surface area (Å²) in [6.07, 6.45) is 8.07. The third-order valence-electron chi connectivity index (χ3n) is 8.98. The van der Waals surface area contributed by atoms with E-state index in [1.165, 1.54) is 5.69 Å². The summed E-state index contributed by atoms with van der Waals surface area (Å²) >= 11 is 0. The molecule has 0 radical (unpaired) electrons. The van der Waals surface area contributed by atoms with Crippen molar-refractivity contribution in [1.82, 2.24) is 19.7 Å². The van der Waals surface area contributed by atoms with Crippen molar-refractivity contribution in [2.24, 2.45) is 23.2 Å². The zero-order chi connectivity index (χ0) is 26.0. The van der Waals surface area contributed by atoms with E-state index in [4.69, 9.17) is 25.4 Å². The van der Waals surface area contributed by atoms with Gasteiger partial charge in [-0.1, -0.05) is 6.07 Å². The minimum atomic E-state index is 0.0993. The quantitative estimate of drug-likeness (QED) is 0.558. The van der Waals surface area contributed by atoms with Crippen LogP contribution < -0.4 is 20.4 Å². The number of hydrogen-bond acceptors (Lipinski definition) is 9. The Labute approximate surface area is 223 Å². The summed E-state index contributed by atoms with van der Waals surface area (Å²) in [7, 11) is 4.09. The second-order valence-corrected chi connectivity index (χ2v) is 11.2. The van der Waals surface area contributed by atoms with Crippen molar-refractivity contribution < 1.29 is 4.74 Å². The molecule has 0 bridgehead atoms. The minimum absolute atomic E-state index is 0.0993. The summed E-state index contributed by atoms with van der Waals surface area (Å²) in [5.41, 5.74) is 13.1. The number of aliphatic imine (C=N–C) groups is 1. The number of amidine groups is 1. The third-order valence-corrected chi connectivity index (χ3v) is 8.98. The number of nitrogens with zero attached hydrogens (tertiary/aromatic N) is 8. The van der Waals surface area contributed by atoms with E-state index in [1.54, 1.807) is 0 Å². The van der Waals surface area contributed by atoms with Crippen molar-refractivity contribution in [3.05, 3.63) is 48.2 Å². The van der Waals surface area contributed by atoms with Gasteiger partial charge in [0.15, 0.2) is 5.84 Å². The fourth-order valence-corrected chi connectivity index (χ4v) is 6.48. The summed E-state index contributed by atoms with van der Waals surface area (Å²) in [5.74, 6) is 1.86. The van der Waals surface area contributed by atoms with Gasteiger partial charge >= 0.3 is 0 Å². The van der Waals surface area contributed by atoms with Gasteiger partial charge in [0.25, 0.3) is 0 Å². The SMILES string of the molecule is C[C@@H]1OCC2(CCN(c3cnc4c(n3)CN=C4N3CCN(C)c4cc(-c5cnn(C)c5)ccc43)CC2)[C@@H]1N. The Morgan fingerprint density at radius 2 is 1.87 bits per heavy atom. The molecule has 10 nitrogen and oxygen atoms in total. The van der Waals surface area contributed by atoms with Gasteiger partial charge in [-0.15, -0.1) is 0 Å². The lowest BCUT2D eigenvalue weighted by atomic mass is 9.73. The number of rotatable bonds is 2. The van der Waals surface area contributed by atoms with E-state index in [0.29, 0.717) is 6.54 Å². The molecule has 1 aromatic carbocycles. The van der Waals surface area contributed by atoms with Crippen molar-refractivity contribution in [2.45, 2.75) is 38.5 Å². The highest BCUT2D eigenvalue weighted by molar-refractivity contribution is 6.12. The average molecular weight is 514 g/mol. The van der Waals surface area contributed by atoms with Crippen LogP contribution in [-0.4, -0.2) is 77.6 Å². The molecule has 3 aromatic rings. The maximum absolute atomic E-state index is 6.52. The van der Waals surface area contributed by atoms with Crippen LogP contribution >= 0.6 is 0 Å². The maximum atomic E-state index is 6.52. The summed E-state index contributed by atoms with van der Waals surface area (Å²) in [5, 5.41) is 4.34. The Kier molecular flexibility index (Phi) is 5.45. The van der Waals surface area contributed by atoms with Crippen molar-refractivity contribution in [3.8, 4) is 11.1 Å². The molecule has 0 saturated carbocycles. The number of benzene rings is 1. The number of anilines is 3. The molecule has 38 heavy (non-hydrogen) atoms. The molecule has 2 saturated heterocycles. The van der Waals surface area contributed by atoms with E-state index in [2.05, 4.69) is 52.0 Å². The first-order chi connectivity index (χ1) is 18.4. The lowest BCUT2D eigenvalue weighted by Gasteiger charge is -2.41. The van der Waals surface area contributed by atoms with Gasteiger partial charge < -0.3 is 25.2 Å². The monoisotopic (exact) mass is 513 g/mol. The number of piperidine rings is 1. The van der Waals surface area contributed by atoms with Gasteiger partial charge in [0.1, 0.15) is 11.5 Å². The van der Waals surface area contributed by atoms with E-state index in [9.17, 15) is 0 Å². The van der Waals surface area contributed by atoms with Gasteiger partial charge in [-0.2, -0.15) is 5.10 Å². The Balaban J connectivity index is 1.12. The van der Waals surface area contributed by atoms with E-state index >= 15 is 0 Å². The fourth-order valence-electron chi connectivity index (χ4n) is 6.48. The van der Waals surface area contributed by atoms with Gasteiger partial charge in [0.2, 0.25) is 0 Å². The van der Waals surface area contributed by atoms with Gasteiger partial charge in [0, 0.05) is 63.5 Å². The minimum Gasteiger partial charge on any atom is -0.376 e. The second kappa shape index (κ2) is 8.78. The summed E-state index contributed by atoms with van der Waals surface area (Å²) in [4.78, 5) is 21.8. The standard InChI is InChI=1S/C28H35N9O/c1-18-26(29)28(17-38-18)6-8-36(9-7-28)24-15-30-25-21(33-24)14-31-27(25)37-11-10-34(2)23-12-19(4-5-22(23)37)20-13-32-35(3)16-20/h4-5,12-13,15-16,18,26H,6-11,14,17,29H2,1-3H3/t18-,26+/m0/s1. The normalized spacial score (nSPS) is 24.1. The second-order valence-electron chi connectivity index (χ2n) is 11.2. The lowest BCUT2D eigenvalue weighted by molar-refractivity contribution is 0.0974. The van der Waals surface area contributed by atoms with Crippen LogP contribution in [0.5, 0.6) is 0 Å². The molecule has 0 unspecified atom stereocenters. The molecule has 7 rings (SSSR count). The molecule has 4 aliphatic heterocycles. The highest BCUT2D eigenvalue weighted by atomic mass is 16.5. The van der Waals surface area contributed by atoms with Crippen molar-refractivity contribution in [3.63, 3.8) is 0 Å². The average Bonchev–Trinajstić information content (AvgIpc) is 3.64. The first-order valence-corrected chi connectivity index (χ1v) is 13.6. The van der Waals surface area contributed by atoms with Crippen molar-refractivity contribution >= 4 is 23.0 Å². The first kappa shape index (κ1) is 23.6. The van der Waals surface area contributed by atoms with Crippen LogP contribution in [0.2, 0.25) is 0 Å². The zero-order valence-corrected chi connectivity index (χ0v) is 22.3. The Morgan fingerprint density at radius 3 is 2.61 bits per heavy atom. The number of hydrogen-bond donors (Lipinski definition) is 1. The van der Waals surface area contributed by atoms with Crippen LogP contribution in [-0.2, 0) is 18.3 Å². The Hall–Kier alpha value is -3.50. The largest absolute Gasteiger partial charge is 0.376 e.